The van der Waals surface area contributed by atoms with Gasteiger partial charge in [-0.3, -0.25) is 0 Å². The quantitative estimate of drug-likeness (QED) is 0.821. The second-order valence-corrected chi connectivity index (χ2v) is 5.17. The van der Waals surface area contributed by atoms with Gasteiger partial charge >= 0.3 is 0 Å². The molecule has 2 N–H and O–H groups in total. The van der Waals surface area contributed by atoms with Gasteiger partial charge in [0, 0.05) is 18.2 Å². The molecule has 2 aromatic rings. The summed E-state index contributed by atoms with van der Waals surface area (Å²) in [5.41, 5.74) is 1.37. The van der Waals surface area contributed by atoms with Gasteiger partial charge in [0.25, 0.3) is 0 Å². The average Bonchev–Trinajstić information content (AvgIpc) is 2.53. The predicted octanol–water partition coefficient (Wildman–Crippen LogP) is 3.61. The normalized spacial score (nSPS) is 13.6. The minimum absolute atomic E-state index is 0.0295. The molecule has 4 heteroatoms. The number of aliphatic hydroxyl groups excluding tert-OH is 1. The van der Waals surface area contributed by atoms with E-state index in [0.717, 1.165) is 11.3 Å². The second kappa shape index (κ2) is 7.92. The van der Waals surface area contributed by atoms with Gasteiger partial charge in [0.2, 0.25) is 0 Å². The summed E-state index contributed by atoms with van der Waals surface area (Å²) in [4.78, 5) is 0. The molecule has 2 atom stereocenters. The molecule has 0 aromatic heterocycles. The van der Waals surface area contributed by atoms with Crippen LogP contribution in [0.1, 0.15) is 37.1 Å². The van der Waals surface area contributed by atoms with E-state index in [0.29, 0.717) is 12.2 Å². The Labute approximate surface area is 130 Å². The molecule has 3 nitrogen and oxygen atoms in total. The van der Waals surface area contributed by atoms with Crippen LogP contribution >= 0.6 is 0 Å². The third-order valence-electron chi connectivity index (χ3n) is 3.55. The first-order valence-electron chi connectivity index (χ1n) is 7.50. The lowest BCUT2D eigenvalue weighted by Crippen LogP contribution is -2.25. The van der Waals surface area contributed by atoms with Gasteiger partial charge < -0.3 is 15.2 Å². The summed E-state index contributed by atoms with van der Waals surface area (Å²) in [6.45, 7) is 4.84. The van der Waals surface area contributed by atoms with Gasteiger partial charge in [0.15, 0.2) is 0 Å². The van der Waals surface area contributed by atoms with E-state index in [4.69, 9.17) is 4.74 Å². The van der Waals surface area contributed by atoms with Crippen LogP contribution in [0.5, 0.6) is 5.75 Å². The van der Waals surface area contributed by atoms with Crippen molar-refractivity contribution >= 4 is 0 Å². The molecule has 0 spiro atoms. The van der Waals surface area contributed by atoms with E-state index in [9.17, 15) is 9.50 Å². The third kappa shape index (κ3) is 4.29. The van der Waals surface area contributed by atoms with Gasteiger partial charge in [-0.15, -0.1) is 0 Å². The molecule has 0 saturated carbocycles. The van der Waals surface area contributed by atoms with Crippen LogP contribution in [0, 0.1) is 5.82 Å². The molecule has 0 fully saturated rings. The second-order valence-electron chi connectivity index (χ2n) is 5.17. The minimum atomic E-state index is -0.876. The van der Waals surface area contributed by atoms with Crippen LogP contribution in [0.15, 0.2) is 48.5 Å². The summed E-state index contributed by atoms with van der Waals surface area (Å²) in [6.07, 6.45) is -0.876. The van der Waals surface area contributed by atoms with Crippen molar-refractivity contribution in [3.63, 3.8) is 0 Å². The maximum absolute atomic E-state index is 13.6. The lowest BCUT2D eigenvalue weighted by Gasteiger charge is -2.18. The van der Waals surface area contributed by atoms with E-state index in [1.807, 2.05) is 38.1 Å². The molecule has 22 heavy (non-hydrogen) atoms. The summed E-state index contributed by atoms with van der Waals surface area (Å²) in [5, 5.41) is 13.3. The molecule has 0 heterocycles. The number of halogens is 1. The van der Waals surface area contributed by atoms with Gasteiger partial charge in [0.05, 0.1) is 12.7 Å². The molecule has 0 aliphatic heterocycles. The molecule has 2 unspecified atom stereocenters. The van der Waals surface area contributed by atoms with Crippen molar-refractivity contribution in [2.24, 2.45) is 0 Å². The summed E-state index contributed by atoms with van der Waals surface area (Å²) in [5.74, 6) is 0.436. The molecule has 0 amide bonds. The Bertz CT molecular complexity index is 603. The fourth-order valence-electron chi connectivity index (χ4n) is 2.30. The fraction of sp³-hybridized carbons (Fsp3) is 0.333. The molecular formula is C18H22FNO2. The molecule has 0 aliphatic carbocycles. The van der Waals surface area contributed by atoms with Crippen molar-refractivity contribution in [1.29, 1.82) is 0 Å². The van der Waals surface area contributed by atoms with Crippen LogP contribution < -0.4 is 10.1 Å². The molecular weight excluding hydrogens is 281 g/mol. The van der Waals surface area contributed by atoms with Crippen molar-refractivity contribution in [1.82, 2.24) is 5.32 Å². The lowest BCUT2D eigenvalue weighted by molar-refractivity contribution is 0.166. The highest BCUT2D eigenvalue weighted by Gasteiger charge is 2.14. The number of hydrogen-bond acceptors (Lipinski definition) is 3. The van der Waals surface area contributed by atoms with Gasteiger partial charge in [-0.2, -0.15) is 0 Å². The van der Waals surface area contributed by atoms with Crippen LogP contribution in [0.3, 0.4) is 0 Å². The monoisotopic (exact) mass is 303 g/mol. The third-order valence-corrected chi connectivity index (χ3v) is 3.55. The van der Waals surface area contributed by atoms with Gasteiger partial charge in [-0.25, -0.2) is 4.39 Å². The van der Waals surface area contributed by atoms with Gasteiger partial charge in [-0.05, 0) is 37.6 Å². The maximum Gasteiger partial charge on any atom is 0.129 e. The van der Waals surface area contributed by atoms with Crippen LogP contribution in [-0.4, -0.2) is 18.3 Å². The van der Waals surface area contributed by atoms with Crippen LogP contribution in [-0.2, 0) is 0 Å². The number of rotatable bonds is 7. The summed E-state index contributed by atoms with van der Waals surface area (Å²) in [7, 11) is 0. The molecule has 118 valence electrons. The van der Waals surface area contributed by atoms with E-state index >= 15 is 0 Å². The summed E-state index contributed by atoms with van der Waals surface area (Å²) in [6, 6.07) is 14.1. The van der Waals surface area contributed by atoms with Crippen molar-refractivity contribution < 1.29 is 14.2 Å². The van der Waals surface area contributed by atoms with Crippen molar-refractivity contribution in [2.45, 2.75) is 26.0 Å². The predicted molar refractivity (Wildman–Crippen MR) is 85.4 cm³/mol. The Morgan fingerprint density at radius 2 is 1.95 bits per heavy atom. The van der Waals surface area contributed by atoms with Crippen molar-refractivity contribution in [3.05, 3.63) is 65.5 Å². The zero-order valence-electron chi connectivity index (χ0n) is 12.9. The van der Waals surface area contributed by atoms with Crippen LogP contribution in [0.2, 0.25) is 0 Å². The largest absolute Gasteiger partial charge is 0.494 e. The highest BCUT2D eigenvalue weighted by molar-refractivity contribution is 5.30. The SMILES string of the molecule is CCOc1cccc(C(C)NCC(O)c2ccccc2F)c1. The number of hydrogen-bond donors (Lipinski definition) is 2. The summed E-state index contributed by atoms with van der Waals surface area (Å²) >= 11 is 0. The van der Waals surface area contributed by atoms with Gasteiger partial charge in [0.1, 0.15) is 11.6 Å². The maximum atomic E-state index is 13.6. The number of aliphatic hydroxyl groups is 1. The van der Waals surface area contributed by atoms with E-state index in [2.05, 4.69) is 5.32 Å². The molecule has 0 aliphatic rings. The lowest BCUT2D eigenvalue weighted by atomic mass is 10.1. The highest BCUT2D eigenvalue weighted by Crippen LogP contribution is 2.21. The Morgan fingerprint density at radius 1 is 1.18 bits per heavy atom. The zero-order valence-corrected chi connectivity index (χ0v) is 12.9. The van der Waals surface area contributed by atoms with E-state index in [1.54, 1.807) is 18.2 Å². The molecule has 2 aromatic carbocycles. The van der Waals surface area contributed by atoms with Gasteiger partial charge in [-0.1, -0.05) is 30.3 Å². The van der Waals surface area contributed by atoms with E-state index in [-0.39, 0.29) is 18.4 Å². The summed E-state index contributed by atoms with van der Waals surface area (Å²) < 4.78 is 19.1. The molecule has 2 rings (SSSR count). The number of benzene rings is 2. The number of ether oxygens (including phenoxy) is 1. The molecule has 0 radical (unpaired) electrons. The Hall–Kier alpha value is -1.91. The van der Waals surface area contributed by atoms with Crippen LogP contribution in [0.25, 0.3) is 0 Å². The van der Waals surface area contributed by atoms with Crippen LogP contribution in [0.4, 0.5) is 4.39 Å². The zero-order chi connectivity index (χ0) is 15.9. The van der Waals surface area contributed by atoms with Crippen molar-refractivity contribution in [2.75, 3.05) is 13.2 Å². The first kappa shape index (κ1) is 16.5. The topological polar surface area (TPSA) is 41.5 Å². The Kier molecular flexibility index (Phi) is 5.92. The average molecular weight is 303 g/mol. The van der Waals surface area contributed by atoms with E-state index in [1.165, 1.54) is 6.07 Å². The standard InChI is InChI=1S/C18H22FNO2/c1-3-22-15-8-6-7-14(11-15)13(2)20-12-18(21)16-9-4-5-10-17(16)19/h4-11,13,18,20-21H,3,12H2,1-2H3. The Morgan fingerprint density at radius 3 is 2.68 bits per heavy atom. The molecule has 0 saturated heterocycles. The minimum Gasteiger partial charge on any atom is -0.494 e. The Balaban J connectivity index is 1.96. The smallest absolute Gasteiger partial charge is 0.129 e. The first-order chi connectivity index (χ1) is 10.6. The van der Waals surface area contributed by atoms with Crippen molar-refractivity contribution in [3.8, 4) is 5.75 Å². The highest BCUT2D eigenvalue weighted by atomic mass is 19.1. The molecule has 0 bridgehead atoms. The number of nitrogens with one attached hydrogen (secondary N) is 1. The fourth-order valence-corrected chi connectivity index (χ4v) is 2.30. The first-order valence-corrected chi connectivity index (χ1v) is 7.50. The van der Waals surface area contributed by atoms with E-state index < -0.39 is 6.10 Å².